The van der Waals surface area contributed by atoms with Crippen molar-refractivity contribution in [2.75, 3.05) is 46.2 Å². The molecular weight excluding hydrogens is 869 g/mol. The molecule has 0 aliphatic carbocycles. The highest BCUT2D eigenvalue weighted by Crippen LogP contribution is 2.10. The van der Waals surface area contributed by atoms with Gasteiger partial charge in [-0.05, 0) is 148 Å². The number of hydrogen-bond acceptors (Lipinski definition) is 7. The average molecular weight is 996 g/mol. The highest BCUT2D eigenvalue weighted by Gasteiger charge is 1.92. The molecule has 0 fully saturated rings. The zero-order valence-electron chi connectivity index (χ0n) is 47.3. The Hall–Kier alpha value is -2.10. The van der Waals surface area contributed by atoms with Crippen molar-refractivity contribution < 1.29 is 35.7 Å². The predicted molar refractivity (Wildman–Crippen MR) is 315 cm³/mol. The highest BCUT2D eigenvalue weighted by molar-refractivity contribution is 4.81. The summed E-state index contributed by atoms with van der Waals surface area (Å²) in [6.45, 7) is 23.0. The Morgan fingerprint density at radius 2 is 0.471 bits per heavy atom. The van der Waals surface area contributed by atoms with Crippen LogP contribution in [0.1, 0.15) is 271 Å². The first-order valence-electron chi connectivity index (χ1n) is 29.0. The summed E-state index contributed by atoms with van der Waals surface area (Å²) in [5.41, 5.74) is 0. The monoisotopic (exact) mass is 995 g/mol. The smallest absolute Gasteiger partial charge is 0.0465 e. The Labute approximate surface area is 438 Å². The van der Waals surface area contributed by atoms with Crippen LogP contribution in [0.2, 0.25) is 0 Å². The van der Waals surface area contributed by atoms with Crippen LogP contribution in [-0.2, 0) is 0 Å². The SMILES string of the molecule is C/C=C/CCCCCO.C=CCCCCCCCCO.C=CCCCCCCO.C=CCCCCO.C=CCCO.CC/C=C\CCCCCO.CCCCCCCC/C=C\CCCCCCCCO. The van der Waals surface area contributed by atoms with Gasteiger partial charge in [-0.1, -0.05) is 184 Å². The van der Waals surface area contributed by atoms with Gasteiger partial charge in [0.15, 0.2) is 0 Å². The molecule has 70 heavy (non-hydrogen) atoms. The molecule has 0 bridgehead atoms. The molecule has 7 N–H and O–H groups in total. The molecule has 0 aromatic carbocycles. The molecule has 0 aliphatic heterocycles. The Kier molecular flexibility index (Phi) is 117. The fourth-order valence-corrected chi connectivity index (χ4v) is 6.27. The largest absolute Gasteiger partial charge is 0.396 e. The molecule has 0 aromatic rings. The molecule has 7 nitrogen and oxygen atoms in total. The summed E-state index contributed by atoms with van der Waals surface area (Å²) in [6.07, 6.45) is 67.4. The van der Waals surface area contributed by atoms with Crippen LogP contribution in [0.4, 0.5) is 0 Å². The molecule has 0 saturated heterocycles. The first kappa shape index (κ1) is 81.9. The standard InChI is InChI=1S/C18H36O.C10H20O.C9H18O.2C8H16O.C6H12O.C4H8O/c1-2-3-4-5-6-7-8-9-10-11-12-13-14-15-16-17-18-19;1-2-3-4-5-6-7-8-9-10-11;1-2-3-4-5-6-7-8-9-10;2*1-2-3-4-5-6-7-8-9;1-2-3-4-5-6-7;1-2-3-4-5/h9-10,19H,2-8,11-18H2,1H3;2,11H,1,3-10H2;3-4,10H,2,5-9H2,1H3;2-3,9H,4-8H2,1H3;2,9H,1,3-8H2;2,7H,1,3-6H2;2,5H,1,3-4H2/b10-9-;;4-3-;3-2+;;;. The Morgan fingerprint density at radius 3 is 0.729 bits per heavy atom. The summed E-state index contributed by atoms with van der Waals surface area (Å²) in [5, 5.41) is 58.7. The lowest BCUT2D eigenvalue weighted by atomic mass is 10.1. The van der Waals surface area contributed by atoms with Crippen molar-refractivity contribution in [3.05, 3.63) is 87.1 Å². The molecule has 0 spiro atoms. The Bertz CT molecular complexity index is 917. The topological polar surface area (TPSA) is 142 Å². The first-order chi connectivity index (χ1) is 34.4. The third-order valence-corrected chi connectivity index (χ3v) is 10.6. The molecule has 0 rings (SSSR count). The van der Waals surface area contributed by atoms with Gasteiger partial charge in [0.25, 0.3) is 0 Å². The van der Waals surface area contributed by atoms with Gasteiger partial charge in [0, 0.05) is 46.2 Å². The van der Waals surface area contributed by atoms with Gasteiger partial charge in [-0.15, -0.1) is 26.3 Å². The maximum Gasteiger partial charge on any atom is 0.0465 e. The van der Waals surface area contributed by atoms with Gasteiger partial charge in [0.1, 0.15) is 0 Å². The van der Waals surface area contributed by atoms with E-state index in [-0.39, 0.29) is 6.61 Å². The van der Waals surface area contributed by atoms with Crippen LogP contribution in [-0.4, -0.2) is 82.0 Å². The van der Waals surface area contributed by atoms with E-state index in [2.05, 4.69) is 76.6 Å². The van der Waals surface area contributed by atoms with Crippen molar-refractivity contribution in [1.82, 2.24) is 0 Å². The van der Waals surface area contributed by atoms with Gasteiger partial charge in [-0.2, -0.15) is 0 Å². The lowest BCUT2D eigenvalue weighted by Gasteiger charge is -1.99. The zero-order valence-corrected chi connectivity index (χ0v) is 47.3. The minimum atomic E-state index is 0.226. The van der Waals surface area contributed by atoms with Crippen LogP contribution in [0.15, 0.2) is 87.1 Å². The average Bonchev–Trinajstić information content (AvgIpc) is 3.37. The third kappa shape index (κ3) is 126. The van der Waals surface area contributed by atoms with Crippen molar-refractivity contribution in [2.24, 2.45) is 0 Å². The number of aliphatic hydroxyl groups is 7. The van der Waals surface area contributed by atoms with Crippen LogP contribution >= 0.6 is 0 Å². The van der Waals surface area contributed by atoms with Crippen molar-refractivity contribution in [3.63, 3.8) is 0 Å². The minimum Gasteiger partial charge on any atom is -0.396 e. The summed E-state index contributed by atoms with van der Waals surface area (Å²) in [7, 11) is 0. The highest BCUT2D eigenvalue weighted by atomic mass is 16.3. The molecule has 420 valence electrons. The van der Waals surface area contributed by atoms with Crippen molar-refractivity contribution in [1.29, 1.82) is 0 Å². The van der Waals surface area contributed by atoms with E-state index in [4.69, 9.17) is 35.7 Å². The minimum absolute atomic E-state index is 0.226. The molecule has 0 saturated carbocycles. The molecule has 0 unspecified atom stereocenters. The number of unbranched alkanes of at least 4 members (excludes halogenated alkanes) is 30. The maximum atomic E-state index is 8.66. The lowest BCUT2D eigenvalue weighted by Crippen LogP contribution is -1.83. The molecule has 0 amide bonds. The molecule has 7 heteroatoms. The number of rotatable bonds is 46. The van der Waals surface area contributed by atoms with E-state index in [0.717, 1.165) is 96.3 Å². The van der Waals surface area contributed by atoms with E-state index in [1.54, 1.807) is 6.08 Å². The molecule has 0 atom stereocenters. The second kappa shape index (κ2) is 100. The zero-order chi connectivity index (χ0) is 53.6. The van der Waals surface area contributed by atoms with E-state index >= 15 is 0 Å². The number of aliphatic hydroxyl groups excluding tert-OH is 7. The second-order valence-corrected chi connectivity index (χ2v) is 17.7. The summed E-state index contributed by atoms with van der Waals surface area (Å²) in [6, 6.07) is 0. The predicted octanol–water partition coefficient (Wildman–Crippen LogP) is 17.5. The lowest BCUT2D eigenvalue weighted by molar-refractivity contribution is 0.282. The summed E-state index contributed by atoms with van der Waals surface area (Å²) >= 11 is 0. The number of hydrogen-bond donors (Lipinski definition) is 7. The van der Waals surface area contributed by atoms with Gasteiger partial charge in [0.05, 0.1) is 0 Å². The molecule has 0 aliphatic rings. The molecule has 0 radical (unpaired) electrons. The molecular formula is C63H126O7. The maximum absolute atomic E-state index is 8.66. The normalized spacial score (nSPS) is 10.3. The fraction of sp³-hybridized carbons (Fsp3) is 0.778. The van der Waals surface area contributed by atoms with Gasteiger partial charge in [-0.3, -0.25) is 0 Å². The first-order valence-corrected chi connectivity index (χ1v) is 29.0. The quantitative estimate of drug-likeness (QED) is 0.0238. The fourth-order valence-electron chi connectivity index (χ4n) is 6.27. The molecule has 0 aromatic heterocycles. The van der Waals surface area contributed by atoms with Gasteiger partial charge in [-0.25, -0.2) is 0 Å². The van der Waals surface area contributed by atoms with Crippen molar-refractivity contribution in [3.8, 4) is 0 Å². The Balaban J connectivity index is -0.000000138. The molecule has 0 heterocycles. The van der Waals surface area contributed by atoms with Crippen molar-refractivity contribution in [2.45, 2.75) is 271 Å². The van der Waals surface area contributed by atoms with Crippen LogP contribution in [0.3, 0.4) is 0 Å². The van der Waals surface area contributed by atoms with Gasteiger partial charge < -0.3 is 35.7 Å². The Morgan fingerprint density at radius 1 is 0.243 bits per heavy atom. The van der Waals surface area contributed by atoms with Crippen molar-refractivity contribution >= 4 is 0 Å². The summed E-state index contributed by atoms with van der Waals surface area (Å²) < 4.78 is 0. The van der Waals surface area contributed by atoms with E-state index in [9.17, 15) is 0 Å². The second-order valence-electron chi connectivity index (χ2n) is 17.7. The number of allylic oxidation sites excluding steroid dienone is 9. The van der Waals surface area contributed by atoms with Crippen LogP contribution in [0, 0.1) is 0 Å². The third-order valence-electron chi connectivity index (χ3n) is 10.6. The van der Waals surface area contributed by atoms with E-state index in [1.165, 1.54) is 148 Å². The van der Waals surface area contributed by atoms with Crippen LogP contribution in [0.5, 0.6) is 0 Å². The van der Waals surface area contributed by atoms with E-state index in [0.29, 0.717) is 46.1 Å². The van der Waals surface area contributed by atoms with E-state index < -0.39 is 0 Å². The van der Waals surface area contributed by atoms with E-state index in [1.807, 2.05) is 25.2 Å². The van der Waals surface area contributed by atoms with Gasteiger partial charge in [0.2, 0.25) is 0 Å². The van der Waals surface area contributed by atoms with Crippen LogP contribution < -0.4 is 0 Å². The van der Waals surface area contributed by atoms with Gasteiger partial charge >= 0.3 is 0 Å². The summed E-state index contributed by atoms with van der Waals surface area (Å²) in [4.78, 5) is 0. The summed E-state index contributed by atoms with van der Waals surface area (Å²) in [5.74, 6) is 0. The van der Waals surface area contributed by atoms with Crippen LogP contribution in [0.25, 0.3) is 0 Å².